The lowest BCUT2D eigenvalue weighted by Gasteiger charge is -2.28. The number of carbonyl (C=O) groups excluding carboxylic acids is 1. The van der Waals surface area contributed by atoms with E-state index in [0.717, 1.165) is 43.1 Å². The molecular weight excluding hydrogens is 390 g/mol. The van der Waals surface area contributed by atoms with E-state index in [1.165, 1.54) is 0 Å². The molecule has 5 rings (SSSR count). The summed E-state index contributed by atoms with van der Waals surface area (Å²) in [4.78, 5) is 27.0. The zero-order valence-corrected chi connectivity index (χ0v) is 18.1. The van der Waals surface area contributed by atoms with E-state index >= 15 is 0 Å². The van der Waals surface area contributed by atoms with Gasteiger partial charge in [0.05, 0.1) is 30.2 Å². The quantitative estimate of drug-likeness (QED) is 0.612. The minimum atomic E-state index is -0.435. The average molecular weight is 420 g/mol. The molecule has 1 spiro atoms. The molecule has 31 heavy (non-hydrogen) atoms. The molecule has 5 heterocycles. The highest BCUT2D eigenvalue weighted by molar-refractivity contribution is 5.86. The normalized spacial score (nSPS) is 24.2. The van der Waals surface area contributed by atoms with Crippen molar-refractivity contribution in [2.75, 3.05) is 19.6 Å². The smallest absolute Gasteiger partial charge is 0.231 e. The molecule has 0 aliphatic carbocycles. The highest BCUT2D eigenvalue weighted by Gasteiger charge is 2.57. The molecule has 1 amide bonds. The van der Waals surface area contributed by atoms with Crippen molar-refractivity contribution in [3.8, 4) is 0 Å². The molecule has 162 valence electrons. The zero-order valence-electron chi connectivity index (χ0n) is 18.1. The van der Waals surface area contributed by atoms with Crippen LogP contribution in [0.15, 0.2) is 59.9 Å². The number of imidazole rings is 1. The molecule has 7 nitrogen and oxygen atoms in total. The number of carbonyl (C=O) groups is 1. The van der Waals surface area contributed by atoms with Gasteiger partial charge in [0.25, 0.3) is 0 Å². The summed E-state index contributed by atoms with van der Waals surface area (Å²) in [6.45, 7) is 7.97. The van der Waals surface area contributed by atoms with Crippen molar-refractivity contribution in [1.29, 1.82) is 0 Å². The second-order valence-electron chi connectivity index (χ2n) is 9.13. The van der Waals surface area contributed by atoms with Gasteiger partial charge in [-0.15, -0.1) is 0 Å². The lowest BCUT2D eigenvalue weighted by Crippen LogP contribution is -2.39. The predicted octanol–water partition coefficient (Wildman–Crippen LogP) is 3.47. The van der Waals surface area contributed by atoms with Gasteiger partial charge in [-0.05, 0) is 50.1 Å². The Kier molecular flexibility index (Phi) is 5.14. The summed E-state index contributed by atoms with van der Waals surface area (Å²) in [7, 11) is 0. The van der Waals surface area contributed by atoms with Crippen LogP contribution < -0.4 is 0 Å². The monoisotopic (exact) mass is 419 g/mol. The molecule has 0 saturated carbocycles. The molecule has 0 N–H and O–H groups in total. The minimum absolute atomic E-state index is 0.0809. The maximum Gasteiger partial charge on any atom is 0.231 e. The summed E-state index contributed by atoms with van der Waals surface area (Å²) in [5.41, 5.74) is 1.71. The third-order valence-corrected chi connectivity index (χ3v) is 6.81. The van der Waals surface area contributed by atoms with Crippen LogP contribution in [0.1, 0.15) is 49.2 Å². The van der Waals surface area contributed by atoms with Gasteiger partial charge in [-0.3, -0.25) is 14.7 Å². The van der Waals surface area contributed by atoms with Crippen molar-refractivity contribution in [2.24, 2.45) is 5.41 Å². The maximum atomic E-state index is 13.8. The number of furan rings is 1. The molecule has 2 aliphatic rings. The highest BCUT2D eigenvalue weighted by atomic mass is 16.3. The van der Waals surface area contributed by atoms with Gasteiger partial charge < -0.3 is 13.9 Å². The van der Waals surface area contributed by atoms with Crippen molar-refractivity contribution >= 4 is 5.91 Å². The summed E-state index contributed by atoms with van der Waals surface area (Å²) >= 11 is 0. The van der Waals surface area contributed by atoms with Crippen molar-refractivity contribution in [1.82, 2.24) is 24.3 Å². The van der Waals surface area contributed by atoms with Crippen LogP contribution in [0.4, 0.5) is 0 Å². The van der Waals surface area contributed by atoms with Crippen molar-refractivity contribution in [3.63, 3.8) is 0 Å². The van der Waals surface area contributed by atoms with E-state index in [0.29, 0.717) is 19.1 Å². The standard InChI is InChI=1S/C24H29N5O2/c1-18(2)29-15-22(26-17-29)21-14-27(13-20-4-3-11-31-20)16-24(21)7-10-28(23(24)30)12-19-5-8-25-9-6-19/h3-6,8-9,11,15,17-18,21H,7,10,12-14,16H2,1-2H3. The van der Waals surface area contributed by atoms with E-state index in [4.69, 9.17) is 9.40 Å². The Hall–Kier alpha value is -2.93. The maximum absolute atomic E-state index is 13.8. The van der Waals surface area contributed by atoms with Crippen LogP contribution in [0.3, 0.4) is 0 Å². The fourth-order valence-corrected chi connectivity index (χ4v) is 5.13. The number of aromatic nitrogens is 3. The van der Waals surface area contributed by atoms with Gasteiger partial charge in [0.15, 0.2) is 0 Å². The Morgan fingerprint density at radius 1 is 1.23 bits per heavy atom. The summed E-state index contributed by atoms with van der Waals surface area (Å²) < 4.78 is 7.72. The second kappa shape index (κ2) is 7.96. The van der Waals surface area contributed by atoms with Crippen LogP contribution in [0.2, 0.25) is 0 Å². The van der Waals surface area contributed by atoms with Crippen molar-refractivity contribution in [2.45, 2.75) is 45.3 Å². The molecule has 2 atom stereocenters. The Morgan fingerprint density at radius 2 is 2.06 bits per heavy atom. The fourth-order valence-electron chi connectivity index (χ4n) is 5.13. The summed E-state index contributed by atoms with van der Waals surface area (Å²) in [6, 6.07) is 8.23. The zero-order chi connectivity index (χ0) is 21.4. The van der Waals surface area contributed by atoms with E-state index < -0.39 is 5.41 Å². The molecule has 3 aromatic heterocycles. The molecule has 7 heteroatoms. The number of likely N-dealkylation sites (tertiary alicyclic amines) is 2. The van der Waals surface area contributed by atoms with Crippen molar-refractivity contribution in [3.05, 3.63) is 72.5 Å². The Labute approximate surface area is 182 Å². The van der Waals surface area contributed by atoms with Crippen LogP contribution in [-0.2, 0) is 17.9 Å². The Morgan fingerprint density at radius 3 is 2.77 bits per heavy atom. The summed E-state index contributed by atoms with van der Waals surface area (Å²) in [5.74, 6) is 1.26. The fraction of sp³-hybridized carbons (Fsp3) is 0.458. The largest absolute Gasteiger partial charge is 0.468 e. The third kappa shape index (κ3) is 3.67. The number of nitrogens with zero attached hydrogens (tertiary/aromatic N) is 5. The number of hydrogen-bond donors (Lipinski definition) is 0. The number of hydrogen-bond acceptors (Lipinski definition) is 5. The van der Waals surface area contributed by atoms with Gasteiger partial charge in [0.2, 0.25) is 5.91 Å². The van der Waals surface area contributed by atoms with E-state index in [9.17, 15) is 4.79 Å². The minimum Gasteiger partial charge on any atom is -0.468 e. The molecule has 2 aliphatic heterocycles. The second-order valence-corrected chi connectivity index (χ2v) is 9.13. The topological polar surface area (TPSA) is 67.4 Å². The third-order valence-electron chi connectivity index (χ3n) is 6.81. The molecule has 0 aromatic carbocycles. The number of pyridine rings is 1. The van der Waals surface area contributed by atoms with E-state index in [1.54, 1.807) is 18.7 Å². The van der Waals surface area contributed by atoms with E-state index in [-0.39, 0.29) is 11.8 Å². The molecule has 3 aromatic rings. The van der Waals surface area contributed by atoms with Gasteiger partial charge >= 0.3 is 0 Å². The molecule has 2 fully saturated rings. The van der Waals surface area contributed by atoms with Gasteiger partial charge in [-0.2, -0.15) is 0 Å². The average Bonchev–Trinajstić information content (AvgIpc) is 3.55. The first-order valence-electron chi connectivity index (χ1n) is 11.0. The molecule has 2 unspecified atom stereocenters. The first-order chi connectivity index (χ1) is 15.0. The SMILES string of the molecule is CC(C)n1cnc(C2CN(Cc3ccco3)CC23CCN(Cc2ccncc2)C3=O)c1. The van der Waals surface area contributed by atoms with Gasteiger partial charge in [-0.25, -0.2) is 4.98 Å². The van der Waals surface area contributed by atoms with Gasteiger partial charge in [0.1, 0.15) is 5.76 Å². The van der Waals surface area contributed by atoms with E-state index in [2.05, 4.69) is 34.5 Å². The van der Waals surface area contributed by atoms with Crippen LogP contribution >= 0.6 is 0 Å². The molecular formula is C24H29N5O2. The Balaban J connectivity index is 1.43. The van der Waals surface area contributed by atoms with Gasteiger partial charge in [0, 0.05) is 56.7 Å². The van der Waals surface area contributed by atoms with Crippen LogP contribution in [0.5, 0.6) is 0 Å². The Bertz CT molecular complexity index is 1030. The first-order valence-corrected chi connectivity index (χ1v) is 11.0. The molecule has 0 radical (unpaired) electrons. The number of amides is 1. The summed E-state index contributed by atoms with van der Waals surface area (Å²) in [6.07, 6.45) is 10.2. The molecule has 0 bridgehead atoms. The van der Waals surface area contributed by atoms with Crippen LogP contribution in [-0.4, -0.2) is 49.9 Å². The van der Waals surface area contributed by atoms with Crippen LogP contribution in [0.25, 0.3) is 0 Å². The first kappa shape index (κ1) is 20.0. The van der Waals surface area contributed by atoms with E-state index in [1.807, 2.05) is 35.5 Å². The predicted molar refractivity (Wildman–Crippen MR) is 116 cm³/mol. The van der Waals surface area contributed by atoms with Crippen LogP contribution in [0, 0.1) is 5.41 Å². The van der Waals surface area contributed by atoms with Crippen molar-refractivity contribution < 1.29 is 9.21 Å². The van der Waals surface area contributed by atoms with Gasteiger partial charge in [-0.1, -0.05) is 0 Å². The lowest BCUT2D eigenvalue weighted by atomic mass is 9.75. The highest BCUT2D eigenvalue weighted by Crippen LogP contribution is 2.50. The lowest BCUT2D eigenvalue weighted by molar-refractivity contribution is -0.136. The number of rotatable bonds is 6. The summed E-state index contributed by atoms with van der Waals surface area (Å²) in [5, 5.41) is 0. The molecule has 2 saturated heterocycles.